The molecule has 1 saturated heterocycles. The number of hydrogen-bond acceptors (Lipinski definition) is 6. The lowest BCUT2D eigenvalue weighted by molar-refractivity contribution is -0.621. The topological polar surface area (TPSA) is 157 Å². The Balaban J connectivity index is 2.26. The molecule has 3 heterocycles. The van der Waals surface area contributed by atoms with Gasteiger partial charge in [-0.05, 0) is 17.7 Å². The van der Waals surface area contributed by atoms with Gasteiger partial charge in [0.25, 0.3) is 5.82 Å². The molecule has 1 aliphatic rings. The lowest BCUT2D eigenvalue weighted by atomic mass is 9.83. The van der Waals surface area contributed by atoms with Crippen LogP contribution in [0.15, 0.2) is 24.5 Å². The van der Waals surface area contributed by atoms with Gasteiger partial charge >= 0.3 is 12.0 Å². The van der Waals surface area contributed by atoms with E-state index in [0.717, 1.165) is 0 Å². The number of nitrogens with zero attached hydrogens (tertiary/aromatic N) is 3. The fraction of sp³-hybridized carbons (Fsp3) is 0.294. The second-order valence-corrected chi connectivity index (χ2v) is 6.35. The fourth-order valence-electron chi connectivity index (χ4n) is 3.32. The van der Waals surface area contributed by atoms with E-state index in [0.29, 0.717) is 16.0 Å². The number of amides is 4. The highest BCUT2D eigenvalue weighted by atomic mass is 16.5. The number of carboxylic acid groups (broad SMARTS) is 1. The van der Waals surface area contributed by atoms with Crippen molar-refractivity contribution < 1.29 is 29.0 Å². The van der Waals surface area contributed by atoms with E-state index < -0.39 is 42.2 Å². The number of carboxylic acids is 1. The monoisotopic (exact) mass is 387 g/mol. The Morgan fingerprint density at radius 1 is 1.25 bits per heavy atom. The first-order chi connectivity index (χ1) is 13.2. The summed E-state index contributed by atoms with van der Waals surface area (Å²) in [6, 6.07) is 2.08. The van der Waals surface area contributed by atoms with Crippen molar-refractivity contribution in [3.8, 4) is 0 Å². The predicted octanol–water partition coefficient (Wildman–Crippen LogP) is -0.668. The highest BCUT2D eigenvalue weighted by Crippen LogP contribution is 2.33. The van der Waals surface area contributed by atoms with Gasteiger partial charge in [0.1, 0.15) is 23.2 Å². The molecular formula is C17H17N5O6. The molecule has 3 rings (SSSR count). The normalized spacial score (nSPS) is 15.9. The van der Waals surface area contributed by atoms with Crippen molar-refractivity contribution in [1.29, 1.82) is 0 Å². The van der Waals surface area contributed by atoms with E-state index in [4.69, 9.17) is 0 Å². The summed E-state index contributed by atoms with van der Waals surface area (Å²) in [5.74, 6) is -5.64. The first kappa shape index (κ1) is 19.0. The Hall–Kier alpha value is -3.76. The summed E-state index contributed by atoms with van der Waals surface area (Å²) in [4.78, 5) is 51.7. The van der Waals surface area contributed by atoms with Crippen LogP contribution >= 0.6 is 0 Å². The molecule has 0 saturated carbocycles. The average Bonchev–Trinajstić information content (AvgIpc) is 2.82. The molecule has 146 valence electrons. The molecule has 2 aromatic rings. The fourth-order valence-corrected chi connectivity index (χ4v) is 3.32. The van der Waals surface area contributed by atoms with Gasteiger partial charge in [0.05, 0.1) is 0 Å². The van der Waals surface area contributed by atoms with E-state index in [1.807, 2.05) is 10.6 Å². The van der Waals surface area contributed by atoms with Crippen molar-refractivity contribution >= 4 is 23.8 Å². The molecule has 2 aromatic heterocycles. The standard InChI is InChI=1S/C17H17N5O6/c1-8-9(2)22(28)16(21(8)7-11(23)24)12(10-3-5-18-6-4-10)13-14(25)19-17(27)20-15(13)26/h3-6,12-13H,7H2,1-2H3,(H,23,24)(H2,19,20,25,26,27). The van der Waals surface area contributed by atoms with Gasteiger partial charge in [-0.25, -0.2) is 18.9 Å². The second-order valence-electron chi connectivity index (χ2n) is 6.35. The number of rotatable bonds is 5. The van der Waals surface area contributed by atoms with Crippen molar-refractivity contribution in [1.82, 2.24) is 20.2 Å². The summed E-state index contributed by atoms with van der Waals surface area (Å²) in [5, 5.41) is 26.2. The van der Waals surface area contributed by atoms with E-state index in [1.165, 1.54) is 36.0 Å². The van der Waals surface area contributed by atoms with Crippen LogP contribution in [0.2, 0.25) is 0 Å². The SMILES string of the molecule is Cc1c(C)[n+]([O-])c(C(c2ccncc2)C2C(=O)NC(=O)NC2=O)n1CC(=O)O. The smallest absolute Gasteiger partial charge is 0.346 e. The van der Waals surface area contributed by atoms with E-state index in [2.05, 4.69) is 4.98 Å². The molecule has 0 spiro atoms. The van der Waals surface area contributed by atoms with Crippen molar-refractivity contribution in [2.24, 2.45) is 5.92 Å². The first-order valence-electron chi connectivity index (χ1n) is 8.29. The Morgan fingerprint density at radius 3 is 2.36 bits per heavy atom. The van der Waals surface area contributed by atoms with Gasteiger partial charge in [-0.3, -0.25) is 25.2 Å². The first-order valence-corrected chi connectivity index (χ1v) is 8.29. The molecule has 11 nitrogen and oxygen atoms in total. The lowest BCUT2D eigenvalue weighted by Crippen LogP contribution is -2.58. The van der Waals surface area contributed by atoms with E-state index in [9.17, 15) is 29.5 Å². The van der Waals surface area contributed by atoms with Crippen LogP contribution in [-0.4, -0.2) is 38.5 Å². The summed E-state index contributed by atoms with van der Waals surface area (Å²) in [7, 11) is 0. The van der Waals surface area contributed by atoms with Gasteiger partial charge in [0.15, 0.2) is 6.54 Å². The number of pyridine rings is 1. The summed E-state index contributed by atoms with van der Waals surface area (Å²) in [6.07, 6.45) is 2.84. The molecule has 1 aliphatic heterocycles. The molecular weight excluding hydrogens is 370 g/mol. The molecule has 0 aliphatic carbocycles. The lowest BCUT2D eigenvalue weighted by Gasteiger charge is -2.27. The minimum atomic E-state index is -1.46. The highest BCUT2D eigenvalue weighted by molar-refractivity contribution is 6.16. The van der Waals surface area contributed by atoms with Crippen LogP contribution in [0.1, 0.15) is 28.7 Å². The minimum Gasteiger partial charge on any atom is -0.711 e. The molecule has 3 N–H and O–H groups in total. The number of aromatic nitrogens is 3. The maximum atomic E-state index is 12.9. The molecule has 0 radical (unpaired) electrons. The van der Waals surface area contributed by atoms with Crippen LogP contribution in [0, 0.1) is 25.0 Å². The number of aliphatic carboxylic acids is 1. The average molecular weight is 387 g/mol. The zero-order chi connectivity index (χ0) is 20.6. The molecule has 1 atom stereocenters. The summed E-state index contributed by atoms with van der Waals surface area (Å²) in [5.41, 5.74) is 1.02. The molecule has 4 amide bonds. The number of carbonyl (C=O) groups excluding carboxylic acids is 3. The number of imide groups is 2. The summed E-state index contributed by atoms with van der Waals surface area (Å²) >= 11 is 0. The maximum Gasteiger partial charge on any atom is 0.346 e. The largest absolute Gasteiger partial charge is 0.711 e. The Kier molecular flexibility index (Phi) is 4.82. The maximum absolute atomic E-state index is 12.9. The number of imidazole rings is 1. The Labute approximate surface area is 158 Å². The number of barbiturate groups is 1. The number of urea groups is 1. The van der Waals surface area contributed by atoms with Crippen LogP contribution in [0.3, 0.4) is 0 Å². The van der Waals surface area contributed by atoms with E-state index >= 15 is 0 Å². The van der Waals surface area contributed by atoms with E-state index in [1.54, 1.807) is 6.92 Å². The number of nitrogens with one attached hydrogen (secondary N) is 2. The van der Waals surface area contributed by atoms with Crippen LogP contribution in [0.25, 0.3) is 0 Å². The van der Waals surface area contributed by atoms with Crippen molar-refractivity contribution in [2.75, 3.05) is 0 Å². The van der Waals surface area contributed by atoms with Gasteiger partial charge in [-0.15, -0.1) is 0 Å². The Bertz CT molecular complexity index is 964. The van der Waals surface area contributed by atoms with Gasteiger partial charge in [-0.2, -0.15) is 0 Å². The van der Waals surface area contributed by atoms with Gasteiger partial charge in [0.2, 0.25) is 11.8 Å². The molecule has 11 heteroatoms. The second kappa shape index (κ2) is 7.10. The van der Waals surface area contributed by atoms with Crippen LogP contribution < -0.4 is 15.4 Å². The summed E-state index contributed by atoms with van der Waals surface area (Å²) < 4.78 is 1.77. The predicted molar refractivity (Wildman–Crippen MR) is 91.8 cm³/mol. The zero-order valence-electron chi connectivity index (χ0n) is 15.0. The van der Waals surface area contributed by atoms with Crippen molar-refractivity contribution in [2.45, 2.75) is 26.3 Å². The number of hydrogen-bond donors (Lipinski definition) is 3. The van der Waals surface area contributed by atoms with Crippen molar-refractivity contribution in [3.05, 3.63) is 52.5 Å². The van der Waals surface area contributed by atoms with E-state index in [-0.39, 0.29) is 11.5 Å². The molecule has 0 aromatic carbocycles. The zero-order valence-corrected chi connectivity index (χ0v) is 15.0. The minimum absolute atomic E-state index is 0.0896. The third-order valence-electron chi connectivity index (χ3n) is 4.73. The van der Waals surface area contributed by atoms with Crippen molar-refractivity contribution in [3.63, 3.8) is 0 Å². The third kappa shape index (κ3) is 3.17. The highest BCUT2D eigenvalue weighted by Gasteiger charge is 2.47. The van der Waals surface area contributed by atoms with Gasteiger partial charge in [0, 0.05) is 26.2 Å². The van der Waals surface area contributed by atoms with Gasteiger partial charge < -0.3 is 10.3 Å². The van der Waals surface area contributed by atoms with Crippen LogP contribution in [0.4, 0.5) is 4.79 Å². The van der Waals surface area contributed by atoms with Crippen LogP contribution in [0.5, 0.6) is 0 Å². The molecule has 0 bridgehead atoms. The molecule has 1 unspecified atom stereocenters. The summed E-state index contributed by atoms with van der Waals surface area (Å²) in [6.45, 7) is 2.55. The number of carbonyl (C=O) groups is 4. The van der Waals surface area contributed by atoms with Gasteiger partial charge in [-0.1, -0.05) is 0 Å². The molecule has 28 heavy (non-hydrogen) atoms. The van der Waals surface area contributed by atoms with Crippen LogP contribution in [-0.2, 0) is 20.9 Å². The Morgan fingerprint density at radius 2 is 1.82 bits per heavy atom. The molecule has 1 fully saturated rings. The third-order valence-corrected chi connectivity index (χ3v) is 4.73. The quantitative estimate of drug-likeness (QED) is 0.349.